The van der Waals surface area contributed by atoms with Gasteiger partial charge >= 0.3 is 0 Å². The Kier molecular flexibility index (Phi) is 3.71. The van der Waals surface area contributed by atoms with Gasteiger partial charge in [-0.05, 0) is 30.5 Å². The topological polar surface area (TPSA) is 44.1 Å². The van der Waals surface area contributed by atoms with Gasteiger partial charge < -0.3 is 4.74 Å². The van der Waals surface area contributed by atoms with E-state index >= 15 is 0 Å². The van der Waals surface area contributed by atoms with Crippen LogP contribution in [0.25, 0.3) is 21.3 Å². The molecule has 4 nitrogen and oxygen atoms in total. The van der Waals surface area contributed by atoms with Crippen LogP contribution in [0.15, 0.2) is 40.8 Å². The van der Waals surface area contributed by atoms with Crippen molar-refractivity contribution >= 4 is 21.6 Å². The molecule has 1 aliphatic heterocycles. The second-order valence-electron chi connectivity index (χ2n) is 5.67. The van der Waals surface area contributed by atoms with E-state index in [2.05, 4.69) is 4.98 Å². The Balaban J connectivity index is 1.80. The smallest absolute Gasteiger partial charge is 0.262 e. The van der Waals surface area contributed by atoms with E-state index < -0.39 is 0 Å². The number of thiophene rings is 1. The molecule has 0 N–H and O–H groups in total. The summed E-state index contributed by atoms with van der Waals surface area (Å²) in [5, 5.41) is 2.50. The minimum atomic E-state index is -0.290. The molecule has 2 aromatic heterocycles. The number of benzene rings is 1. The summed E-state index contributed by atoms with van der Waals surface area (Å²) < 4.78 is 20.4. The van der Waals surface area contributed by atoms with Gasteiger partial charge in [-0.1, -0.05) is 12.1 Å². The maximum Gasteiger partial charge on any atom is 0.262 e. The average molecular weight is 330 g/mol. The first-order chi connectivity index (χ1) is 11.2. The molecular weight excluding hydrogens is 315 g/mol. The van der Waals surface area contributed by atoms with E-state index in [1.54, 1.807) is 23.0 Å². The van der Waals surface area contributed by atoms with Gasteiger partial charge in [-0.25, -0.2) is 9.37 Å². The predicted molar refractivity (Wildman–Crippen MR) is 88.2 cm³/mol. The molecule has 1 fully saturated rings. The van der Waals surface area contributed by atoms with Crippen LogP contribution in [0.4, 0.5) is 4.39 Å². The predicted octanol–water partition coefficient (Wildman–Crippen LogP) is 3.44. The first-order valence-electron chi connectivity index (χ1n) is 7.56. The van der Waals surface area contributed by atoms with Crippen molar-refractivity contribution < 1.29 is 9.13 Å². The normalized spacial score (nSPS) is 17.9. The van der Waals surface area contributed by atoms with Crippen molar-refractivity contribution in [3.05, 3.63) is 52.1 Å². The fourth-order valence-corrected chi connectivity index (χ4v) is 3.85. The van der Waals surface area contributed by atoms with Gasteiger partial charge in [0.1, 0.15) is 10.6 Å². The Morgan fingerprint density at radius 1 is 1.35 bits per heavy atom. The molecule has 6 heteroatoms. The van der Waals surface area contributed by atoms with Crippen LogP contribution in [0.3, 0.4) is 0 Å². The lowest BCUT2D eigenvalue weighted by Crippen LogP contribution is -2.26. The molecular formula is C17H15FN2O2S. The van der Waals surface area contributed by atoms with E-state index in [-0.39, 0.29) is 17.5 Å². The van der Waals surface area contributed by atoms with Crippen LogP contribution in [0.1, 0.15) is 12.8 Å². The molecule has 1 atom stereocenters. The molecule has 0 saturated carbocycles. The van der Waals surface area contributed by atoms with Gasteiger partial charge in [0, 0.05) is 17.6 Å². The quantitative estimate of drug-likeness (QED) is 0.739. The summed E-state index contributed by atoms with van der Waals surface area (Å²) in [6.07, 6.45) is 3.68. The molecule has 0 radical (unpaired) electrons. The van der Waals surface area contributed by atoms with Gasteiger partial charge in [-0.15, -0.1) is 11.3 Å². The molecule has 0 bridgehead atoms. The SMILES string of the molecule is O=c1c2c(-c3ccc(F)cc3)csc2ncn1C[C@H]1CCCO1. The van der Waals surface area contributed by atoms with Gasteiger partial charge in [-0.3, -0.25) is 9.36 Å². The van der Waals surface area contributed by atoms with Crippen molar-refractivity contribution in [1.29, 1.82) is 0 Å². The van der Waals surface area contributed by atoms with E-state index in [0.29, 0.717) is 16.8 Å². The van der Waals surface area contributed by atoms with Crippen molar-refractivity contribution in [1.82, 2.24) is 9.55 Å². The lowest BCUT2D eigenvalue weighted by atomic mass is 10.1. The van der Waals surface area contributed by atoms with Crippen molar-refractivity contribution in [2.45, 2.75) is 25.5 Å². The molecule has 1 aliphatic rings. The number of halogens is 1. The third-order valence-corrected chi connectivity index (χ3v) is 5.03. The summed E-state index contributed by atoms with van der Waals surface area (Å²) in [4.78, 5) is 17.9. The van der Waals surface area contributed by atoms with E-state index in [0.717, 1.165) is 30.6 Å². The first-order valence-corrected chi connectivity index (χ1v) is 8.44. The highest BCUT2D eigenvalue weighted by Gasteiger charge is 2.19. The van der Waals surface area contributed by atoms with E-state index in [1.807, 2.05) is 5.38 Å². The summed E-state index contributed by atoms with van der Waals surface area (Å²) in [5.41, 5.74) is 1.57. The fourth-order valence-electron chi connectivity index (χ4n) is 2.95. The van der Waals surface area contributed by atoms with Crippen molar-refractivity contribution in [2.24, 2.45) is 0 Å². The number of aromatic nitrogens is 2. The van der Waals surface area contributed by atoms with Crippen LogP contribution in [0, 0.1) is 5.82 Å². The number of fused-ring (bicyclic) bond motifs is 1. The molecule has 4 rings (SSSR count). The van der Waals surface area contributed by atoms with Crippen LogP contribution in [-0.4, -0.2) is 22.3 Å². The number of nitrogens with zero attached hydrogens (tertiary/aromatic N) is 2. The van der Waals surface area contributed by atoms with Crippen LogP contribution in [0.5, 0.6) is 0 Å². The molecule has 1 aromatic carbocycles. The highest BCUT2D eigenvalue weighted by atomic mass is 32.1. The van der Waals surface area contributed by atoms with Crippen LogP contribution >= 0.6 is 11.3 Å². The third kappa shape index (κ3) is 2.68. The molecule has 1 saturated heterocycles. The Morgan fingerprint density at radius 3 is 2.91 bits per heavy atom. The standard InChI is InChI=1S/C17H15FN2O2S/c18-12-5-3-11(4-6-12)14-9-23-16-15(14)17(21)20(10-19-16)8-13-2-1-7-22-13/h3-6,9-10,13H,1-2,7-8H2/t13-/m1/s1. The summed E-state index contributed by atoms with van der Waals surface area (Å²) in [7, 11) is 0. The monoisotopic (exact) mass is 330 g/mol. The van der Waals surface area contributed by atoms with E-state index in [4.69, 9.17) is 4.74 Å². The van der Waals surface area contributed by atoms with Gasteiger partial charge in [-0.2, -0.15) is 0 Å². The molecule has 0 amide bonds. The zero-order valence-corrected chi connectivity index (χ0v) is 13.2. The highest BCUT2D eigenvalue weighted by molar-refractivity contribution is 7.17. The fraction of sp³-hybridized carbons (Fsp3) is 0.294. The largest absolute Gasteiger partial charge is 0.376 e. The van der Waals surface area contributed by atoms with Crippen LogP contribution in [0.2, 0.25) is 0 Å². The minimum absolute atomic E-state index is 0.0638. The second-order valence-corrected chi connectivity index (χ2v) is 6.53. The van der Waals surface area contributed by atoms with Crippen molar-refractivity contribution in [2.75, 3.05) is 6.61 Å². The summed E-state index contributed by atoms with van der Waals surface area (Å²) in [6, 6.07) is 6.18. The van der Waals surface area contributed by atoms with Gasteiger partial charge in [0.2, 0.25) is 0 Å². The molecule has 0 unspecified atom stereocenters. The average Bonchev–Trinajstić information content (AvgIpc) is 3.21. The number of hydrogen-bond acceptors (Lipinski definition) is 4. The van der Waals surface area contributed by atoms with E-state index in [9.17, 15) is 9.18 Å². The third-order valence-electron chi connectivity index (χ3n) is 4.14. The Bertz CT molecular complexity index is 895. The Morgan fingerprint density at radius 2 is 2.17 bits per heavy atom. The summed E-state index contributed by atoms with van der Waals surface area (Å²) in [6.45, 7) is 1.29. The zero-order valence-electron chi connectivity index (χ0n) is 12.4. The van der Waals surface area contributed by atoms with Gasteiger partial charge in [0.25, 0.3) is 5.56 Å². The number of ether oxygens (including phenoxy) is 1. The molecule has 3 aromatic rings. The summed E-state index contributed by atoms with van der Waals surface area (Å²) >= 11 is 1.43. The molecule has 23 heavy (non-hydrogen) atoms. The number of hydrogen-bond donors (Lipinski definition) is 0. The second kappa shape index (κ2) is 5.86. The first kappa shape index (κ1) is 14.5. The molecule has 0 aliphatic carbocycles. The van der Waals surface area contributed by atoms with Crippen LogP contribution in [-0.2, 0) is 11.3 Å². The lowest BCUT2D eigenvalue weighted by Gasteiger charge is -2.11. The molecule has 118 valence electrons. The number of rotatable bonds is 3. The maximum atomic E-state index is 13.1. The zero-order chi connectivity index (χ0) is 15.8. The summed E-state index contributed by atoms with van der Waals surface area (Å²) in [5.74, 6) is -0.290. The van der Waals surface area contributed by atoms with Crippen molar-refractivity contribution in [3.63, 3.8) is 0 Å². The van der Waals surface area contributed by atoms with E-state index in [1.165, 1.54) is 23.5 Å². The Hall–Kier alpha value is -2.05. The van der Waals surface area contributed by atoms with Crippen molar-refractivity contribution in [3.8, 4) is 11.1 Å². The lowest BCUT2D eigenvalue weighted by molar-refractivity contribution is 0.0960. The maximum absolute atomic E-state index is 13.1. The van der Waals surface area contributed by atoms with Crippen LogP contribution < -0.4 is 5.56 Å². The van der Waals surface area contributed by atoms with Gasteiger partial charge in [0.05, 0.1) is 24.4 Å². The molecule has 3 heterocycles. The Labute approximate surface area is 136 Å². The van der Waals surface area contributed by atoms with Gasteiger partial charge in [0.15, 0.2) is 0 Å². The minimum Gasteiger partial charge on any atom is -0.376 e. The molecule has 0 spiro atoms. The highest BCUT2D eigenvalue weighted by Crippen LogP contribution is 2.30.